The number of carbonyl (C=O) groups excluding carboxylic acids is 1. The van der Waals surface area contributed by atoms with Gasteiger partial charge in [-0.05, 0) is 30.7 Å². The summed E-state index contributed by atoms with van der Waals surface area (Å²) in [7, 11) is 0. The van der Waals surface area contributed by atoms with Gasteiger partial charge in [0, 0.05) is 25.5 Å². The number of amides is 1. The molecule has 3 rings (SSSR count). The number of pyridine rings is 1. The molecule has 0 saturated heterocycles. The smallest absolute Gasteiger partial charge is 0.254 e. The Balaban J connectivity index is 1.55. The number of para-hydroxylation sites is 1. The second-order valence-electron chi connectivity index (χ2n) is 5.65. The summed E-state index contributed by atoms with van der Waals surface area (Å²) in [5.41, 5.74) is 2.98. The fourth-order valence-corrected chi connectivity index (χ4v) is 2.49. The third kappa shape index (κ3) is 3.87. The average Bonchev–Trinajstić information content (AvgIpc) is 3.16. The van der Waals surface area contributed by atoms with E-state index in [-0.39, 0.29) is 5.91 Å². The topological polar surface area (TPSA) is 95.6 Å². The van der Waals surface area contributed by atoms with Gasteiger partial charge in [0.1, 0.15) is 11.9 Å². The van der Waals surface area contributed by atoms with Gasteiger partial charge < -0.3 is 10.6 Å². The van der Waals surface area contributed by atoms with Crippen molar-refractivity contribution in [2.75, 3.05) is 18.4 Å². The molecular weight excluding hydrogens is 328 g/mol. The van der Waals surface area contributed by atoms with Crippen molar-refractivity contribution in [2.24, 2.45) is 0 Å². The zero-order chi connectivity index (χ0) is 18.4. The minimum Gasteiger partial charge on any atom is -0.367 e. The van der Waals surface area contributed by atoms with Gasteiger partial charge in [-0.1, -0.05) is 18.2 Å². The average molecular weight is 346 g/mol. The van der Waals surface area contributed by atoms with Crippen LogP contribution in [-0.2, 0) is 0 Å². The van der Waals surface area contributed by atoms with Crippen LogP contribution in [0, 0.1) is 18.3 Å². The Kier molecular flexibility index (Phi) is 5.25. The number of aryl methyl sites for hydroxylation is 1. The van der Waals surface area contributed by atoms with E-state index in [4.69, 9.17) is 5.26 Å². The van der Waals surface area contributed by atoms with Crippen LogP contribution in [0.25, 0.3) is 5.69 Å². The minimum absolute atomic E-state index is 0.201. The molecule has 0 bridgehead atoms. The number of carbonyl (C=O) groups is 1. The van der Waals surface area contributed by atoms with Crippen LogP contribution < -0.4 is 10.6 Å². The van der Waals surface area contributed by atoms with Crippen molar-refractivity contribution in [3.8, 4) is 11.8 Å². The summed E-state index contributed by atoms with van der Waals surface area (Å²) in [6, 6.07) is 13.3. The number of nitrogens with zero attached hydrogens (tertiary/aromatic N) is 4. The Hall–Kier alpha value is -3.66. The highest BCUT2D eigenvalue weighted by Gasteiger charge is 2.10. The number of anilines is 1. The quantitative estimate of drug-likeness (QED) is 0.668. The van der Waals surface area contributed by atoms with Gasteiger partial charge in [0.15, 0.2) is 0 Å². The molecule has 0 fully saturated rings. The zero-order valence-corrected chi connectivity index (χ0v) is 14.3. The second kappa shape index (κ2) is 7.94. The van der Waals surface area contributed by atoms with Gasteiger partial charge >= 0.3 is 0 Å². The lowest BCUT2D eigenvalue weighted by atomic mass is 10.2. The molecule has 2 aromatic heterocycles. The number of nitrogens with one attached hydrogen (secondary N) is 2. The van der Waals surface area contributed by atoms with E-state index in [2.05, 4.69) is 26.8 Å². The first-order chi connectivity index (χ1) is 12.7. The third-order valence-electron chi connectivity index (χ3n) is 3.84. The molecule has 26 heavy (non-hydrogen) atoms. The zero-order valence-electron chi connectivity index (χ0n) is 14.3. The van der Waals surface area contributed by atoms with Gasteiger partial charge in [-0.3, -0.25) is 4.79 Å². The summed E-state index contributed by atoms with van der Waals surface area (Å²) in [4.78, 5) is 16.4. The van der Waals surface area contributed by atoms with Crippen molar-refractivity contribution in [1.29, 1.82) is 5.26 Å². The van der Waals surface area contributed by atoms with E-state index in [1.54, 1.807) is 35.4 Å². The van der Waals surface area contributed by atoms with Gasteiger partial charge in [-0.2, -0.15) is 10.4 Å². The Labute approximate surface area is 151 Å². The highest BCUT2D eigenvalue weighted by Crippen LogP contribution is 2.13. The highest BCUT2D eigenvalue weighted by molar-refractivity contribution is 5.93. The van der Waals surface area contributed by atoms with Crippen molar-refractivity contribution in [1.82, 2.24) is 20.1 Å². The molecule has 0 aliphatic rings. The molecule has 0 unspecified atom stereocenters. The van der Waals surface area contributed by atoms with Crippen LogP contribution in [0.3, 0.4) is 0 Å². The normalized spacial score (nSPS) is 10.2. The van der Waals surface area contributed by atoms with Crippen LogP contribution in [0.2, 0.25) is 0 Å². The van der Waals surface area contributed by atoms with E-state index in [1.807, 2.05) is 31.2 Å². The highest BCUT2D eigenvalue weighted by atomic mass is 16.1. The molecule has 3 aromatic rings. The lowest BCUT2D eigenvalue weighted by Gasteiger charge is -2.07. The van der Waals surface area contributed by atoms with E-state index in [9.17, 15) is 4.79 Å². The monoisotopic (exact) mass is 346 g/mol. The van der Waals surface area contributed by atoms with Crippen LogP contribution in [0.1, 0.15) is 21.5 Å². The summed E-state index contributed by atoms with van der Waals surface area (Å²) < 4.78 is 1.69. The van der Waals surface area contributed by atoms with Crippen LogP contribution in [-0.4, -0.2) is 33.8 Å². The van der Waals surface area contributed by atoms with Gasteiger partial charge in [0.25, 0.3) is 5.91 Å². The maximum atomic E-state index is 12.2. The maximum Gasteiger partial charge on any atom is 0.254 e. The van der Waals surface area contributed by atoms with Crippen molar-refractivity contribution < 1.29 is 4.79 Å². The van der Waals surface area contributed by atoms with Crippen molar-refractivity contribution in [3.63, 3.8) is 0 Å². The van der Waals surface area contributed by atoms with Crippen molar-refractivity contribution in [3.05, 3.63) is 71.7 Å². The number of benzene rings is 1. The van der Waals surface area contributed by atoms with E-state index in [0.717, 1.165) is 11.3 Å². The fourth-order valence-electron chi connectivity index (χ4n) is 2.49. The number of rotatable bonds is 6. The molecule has 0 saturated carbocycles. The van der Waals surface area contributed by atoms with E-state index in [0.29, 0.717) is 30.0 Å². The lowest BCUT2D eigenvalue weighted by molar-refractivity contribution is 0.0955. The predicted octanol–water partition coefficient (Wildman–Crippen LogP) is 2.29. The predicted molar refractivity (Wildman–Crippen MR) is 98.1 cm³/mol. The molecule has 2 N–H and O–H groups in total. The fraction of sp³-hybridized carbons (Fsp3) is 0.158. The Morgan fingerprint density at radius 3 is 2.88 bits per heavy atom. The lowest BCUT2D eigenvalue weighted by Crippen LogP contribution is -2.28. The molecule has 0 aliphatic carbocycles. The summed E-state index contributed by atoms with van der Waals surface area (Å²) in [6.45, 7) is 2.86. The molecule has 0 atom stereocenters. The van der Waals surface area contributed by atoms with Crippen LogP contribution in [0.4, 0.5) is 5.82 Å². The summed E-state index contributed by atoms with van der Waals surface area (Å²) in [5.74, 6) is 0.310. The van der Waals surface area contributed by atoms with Crippen LogP contribution in [0.5, 0.6) is 0 Å². The van der Waals surface area contributed by atoms with Crippen molar-refractivity contribution >= 4 is 11.7 Å². The molecule has 1 amide bonds. The first-order valence-corrected chi connectivity index (χ1v) is 8.17. The number of hydrogen-bond acceptors (Lipinski definition) is 5. The summed E-state index contributed by atoms with van der Waals surface area (Å²) >= 11 is 0. The van der Waals surface area contributed by atoms with Gasteiger partial charge in [-0.25, -0.2) is 9.67 Å². The number of aromatic nitrogens is 3. The molecular formula is C19H18N6O. The number of hydrogen-bond donors (Lipinski definition) is 2. The van der Waals surface area contributed by atoms with E-state index in [1.165, 1.54) is 0 Å². The van der Waals surface area contributed by atoms with Gasteiger partial charge in [-0.15, -0.1) is 0 Å². The maximum absolute atomic E-state index is 12.2. The Morgan fingerprint density at radius 1 is 1.23 bits per heavy atom. The van der Waals surface area contributed by atoms with Gasteiger partial charge in [0.05, 0.1) is 23.0 Å². The van der Waals surface area contributed by atoms with Crippen molar-refractivity contribution in [2.45, 2.75) is 6.92 Å². The molecule has 7 nitrogen and oxygen atoms in total. The summed E-state index contributed by atoms with van der Waals surface area (Å²) in [6.07, 6.45) is 4.86. The third-order valence-corrected chi connectivity index (χ3v) is 3.84. The molecule has 130 valence electrons. The Morgan fingerprint density at radius 2 is 2.08 bits per heavy atom. The molecule has 0 aliphatic heterocycles. The molecule has 0 spiro atoms. The summed E-state index contributed by atoms with van der Waals surface area (Å²) in [5, 5.41) is 19.1. The van der Waals surface area contributed by atoms with E-state index >= 15 is 0 Å². The first-order valence-electron chi connectivity index (χ1n) is 8.17. The largest absolute Gasteiger partial charge is 0.367 e. The van der Waals surface area contributed by atoms with E-state index < -0.39 is 0 Å². The molecule has 7 heteroatoms. The van der Waals surface area contributed by atoms with Crippen LogP contribution >= 0.6 is 0 Å². The Bertz CT molecular complexity index is 956. The van der Waals surface area contributed by atoms with Gasteiger partial charge in [0.2, 0.25) is 0 Å². The second-order valence-corrected chi connectivity index (χ2v) is 5.65. The SMILES string of the molecule is Cc1ccccc1-n1cc(C(=O)NCCNc2ncccc2C#N)cn1. The first kappa shape index (κ1) is 17.2. The molecule has 2 heterocycles. The molecule has 0 radical (unpaired) electrons. The number of nitriles is 1. The standard InChI is InChI=1S/C19H18N6O/c1-14-5-2-3-7-17(14)25-13-16(12-24-25)19(26)23-10-9-22-18-15(11-20)6-4-8-21-18/h2-8,12-13H,9-10H2,1H3,(H,21,22)(H,23,26). The minimum atomic E-state index is -0.201. The molecule has 1 aromatic carbocycles. The van der Waals surface area contributed by atoms with Crippen LogP contribution in [0.15, 0.2) is 55.0 Å².